The highest BCUT2D eigenvalue weighted by atomic mass is 16.5. The third-order valence-electron chi connectivity index (χ3n) is 6.47. The van der Waals surface area contributed by atoms with Crippen LogP contribution in [0.4, 0.5) is 0 Å². The van der Waals surface area contributed by atoms with Crippen LogP contribution in [0.5, 0.6) is 5.75 Å². The van der Waals surface area contributed by atoms with Crippen molar-refractivity contribution < 1.29 is 4.74 Å². The number of benzene rings is 2. The van der Waals surface area contributed by atoms with Crippen molar-refractivity contribution in [2.75, 3.05) is 0 Å². The Morgan fingerprint density at radius 3 is 1.97 bits per heavy atom. The number of hydrogen-bond donors (Lipinski definition) is 0. The van der Waals surface area contributed by atoms with Crippen molar-refractivity contribution >= 4 is 0 Å². The molecular formula is C30H39NO. The molecule has 0 bridgehead atoms. The molecule has 2 nitrogen and oxygen atoms in total. The summed E-state index contributed by atoms with van der Waals surface area (Å²) in [6, 6.07) is 24.1. The zero-order valence-corrected chi connectivity index (χ0v) is 20.6. The predicted octanol–water partition coefficient (Wildman–Crippen LogP) is 8.29. The highest BCUT2D eigenvalue weighted by molar-refractivity contribution is 5.32. The van der Waals surface area contributed by atoms with E-state index in [-0.39, 0.29) is 11.0 Å². The Morgan fingerprint density at radius 2 is 1.41 bits per heavy atom. The van der Waals surface area contributed by atoms with E-state index in [1.54, 1.807) is 0 Å². The maximum absolute atomic E-state index is 6.04. The first kappa shape index (κ1) is 24.0. The smallest absolute Gasteiger partial charge is 0.120 e. The van der Waals surface area contributed by atoms with E-state index in [1.807, 2.05) is 12.4 Å². The van der Waals surface area contributed by atoms with E-state index in [0.29, 0.717) is 11.8 Å². The Balaban J connectivity index is 1.86. The lowest BCUT2D eigenvalue weighted by Crippen LogP contribution is -2.27. The molecule has 0 saturated carbocycles. The van der Waals surface area contributed by atoms with Gasteiger partial charge in [0.1, 0.15) is 11.4 Å². The summed E-state index contributed by atoms with van der Waals surface area (Å²) in [4.78, 5) is 4.20. The third kappa shape index (κ3) is 6.45. The van der Waals surface area contributed by atoms with Crippen LogP contribution in [0.25, 0.3) is 0 Å². The number of ether oxygens (including phenoxy) is 1. The summed E-state index contributed by atoms with van der Waals surface area (Å²) >= 11 is 0. The average Bonchev–Trinajstić information content (AvgIpc) is 2.78. The summed E-state index contributed by atoms with van der Waals surface area (Å²) in [5, 5.41) is 0. The van der Waals surface area contributed by atoms with Crippen molar-refractivity contribution in [2.45, 2.75) is 83.7 Å². The first-order chi connectivity index (χ1) is 15.2. The molecule has 1 aromatic heterocycles. The van der Waals surface area contributed by atoms with E-state index in [1.165, 1.54) is 16.7 Å². The maximum atomic E-state index is 6.04. The molecule has 3 atom stereocenters. The molecule has 0 amide bonds. The molecule has 1 heterocycles. The van der Waals surface area contributed by atoms with E-state index < -0.39 is 0 Å². The fraction of sp³-hybridized carbons (Fsp3) is 0.433. The minimum Gasteiger partial charge on any atom is -0.488 e. The van der Waals surface area contributed by atoms with Crippen molar-refractivity contribution in [2.24, 2.45) is 0 Å². The van der Waals surface area contributed by atoms with Gasteiger partial charge >= 0.3 is 0 Å². The van der Waals surface area contributed by atoms with Crippen LogP contribution in [0.15, 0.2) is 79.1 Å². The molecule has 0 aliphatic heterocycles. The molecule has 3 rings (SSSR count). The van der Waals surface area contributed by atoms with Gasteiger partial charge in [-0.3, -0.25) is 4.98 Å². The lowest BCUT2D eigenvalue weighted by atomic mass is 9.68. The fourth-order valence-electron chi connectivity index (χ4n) is 4.85. The maximum Gasteiger partial charge on any atom is 0.120 e. The number of hydrogen-bond acceptors (Lipinski definition) is 2. The Kier molecular flexibility index (Phi) is 7.77. The van der Waals surface area contributed by atoms with Gasteiger partial charge in [-0.15, -0.1) is 0 Å². The van der Waals surface area contributed by atoms with Crippen LogP contribution < -0.4 is 4.74 Å². The van der Waals surface area contributed by atoms with Crippen LogP contribution >= 0.6 is 0 Å². The van der Waals surface area contributed by atoms with Gasteiger partial charge in [-0.25, -0.2) is 0 Å². The van der Waals surface area contributed by atoms with E-state index in [9.17, 15) is 0 Å². The van der Waals surface area contributed by atoms with Crippen LogP contribution in [0.3, 0.4) is 0 Å². The Hall–Kier alpha value is -2.61. The fourth-order valence-corrected chi connectivity index (χ4v) is 4.85. The van der Waals surface area contributed by atoms with Gasteiger partial charge < -0.3 is 4.74 Å². The molecule has 0 saturated heterocycles. The summed E-state index contributed by atoms with van der Waals surface area (Å²) in [5.41, 5.74) is 4.07. The topological polar surface area (TPSA) is 22.1 Å². The van der Waals surface area contributed by atoms with Crippen LogP contribution in [-0.2, 0) is 5.41 Å². The second kappa shape index (κ2) is 10.3. The average molecular weight is 430 g/mol. The van der Waals surface area contributed by atoms with Gasteiger partial charge in [0.15, 0.2) is 0 Å². The van der Waals surface area contributed by atoms with Gasteiger partial charge in [-0.05, 0) is 98.2 Å². The molecule has 3 unspecified atom stereocenters. The molecule has 0 fully saturated rings. The van der Waals surface area contributed by atoms with Crippen molar-refractivity contribution in [1.29, 1.82) is 0 Å². The molecule has 0 aliphatic rings. The lowest BCUT2D eigenvalue weighted by Gasteiger charge is -2.36. The van der Waals surface area contributed by atoms with E-state index in [4.69, 9.17) is 4.74 Å². The second-order valence-corrected chi connectivity index (χ2v) is 10.4. The standard InChI is InChI=1S/C30H39NO/c1-7-24(26-13-15-28(16-14-26)32-29(3,4)5)22-30(6,27-11-9-8-10-12-27)21-23(2)25-17-19-31-20-18-25/h8-20,23-24H,7,21-22H2,1-6H3. The highest BCUT2D eigenvalue weighted by Crippen LogP contribution is 2.43. The molecule has 0 N–H and O–H groups in total. The highest BCUT2D eigenvalue weighted by Gasteiger charge is 2.32. The van der Waals surface area contributed by atoms with Gasteiger partial charge in [0.05, 0.1) is 0 Å². The van der Waals surface area contributed by atoms with Gasteiger partial charge in [-0.2, -0.15) is 0 Å². The number of aromatic nitrogens is 1. The summed E-state index contributed by atoms with van der Waals surface area (Å²) in [6.07, 6.45) is 7.14. The molecule has 170 valence electrons. The number of pyridine rings is 1. The van der Waals surface area contributed by atoms with Crippen LogP contribution in [0, 0.1) is 0 Å². The molecule has 2 aromatic carbocycles. The van der Waals surface area contributed by atoms with Crippen LogP contribution in [0.1, 0.15) is 89.3 Å². The van der Waals surface area contributed by atoms with Crippen molar-refractivity contribution in [3.8, 4) is 5.75 Å². The molecule has 0 radical (unpaired) electrons. The van der Waals surface area contributed by atoms with Crippen molar-refractivity contribution in [1.82, 2.24) is 4.98 Å². The Bertz CT molecular complexity index is 944. The molecule has 2 heteroatoms. The predicted molar refractivity (Wildman–Crippen MR) is 136 cm³/mol. The largest absolute Gasteiger partial charge is 0.488 e. The van der Waals surface area contributed by atoms with E-state index in [2.05, 4.69) is 113 Å². The molecule has 0 spiro atoms. The normalized spacial score (nSPS) is 15.6. The van der Waals surface area contributed by atoms with Crippen molar-refractivity contribution in [3.63, 3.8) is 0 Å². The first-order valence-electron chi connectivity index (χ1n) is 11.9. The van der Waals surface area contributed by atoms with Crippen LogP contribution in [-0.4, -0.2) is 10.6 Å². The minimum absolute atomic E-state index is 0.0746. The second-order valence-electron chi connectivity index (χ2n) is 10.4. The molecule has 0 aliphatic carbocycles. The quantitative estimate of drug-likeness (QED) is 0.341. The number of rotatable bonds is 9. The third-order valence-corrected chi connectivity index (χ3v) is 6.47. The summed E-state index contributed by atoms with van der Waals surface area (Å²) in [7, 11) is 0. The zero-order chi connectivity index (χ0) is 23.2. The van der Waals surface area contributed by atoms with Gasteiger partial charge in [0.2, 0.25) is 0 Å². The molecular weight excluding hydrogens is 390 g/mol. The minimum atomic E-state index is -0.180. The SMILES string of the molecule is CCC(CC(C)(CC(C)c1ccncc1)c1ccccc1)c1ccc(OC(C)(C)C)cc1. The van der Waals surface area contributed by atoms with E-state index in [0.717, 1.165) is 25.0 Å². The summed E-state index contributed by atoms with van der Waals surface area (Å²) < 4.78 is 6.04. The molecule has 32 heavy (non-hydrogen) atoms. The van der Waals surface area contributed by atoms with Crippen molar-refractivity contribution in [3.05, 3.63) is 95.8 Å². The monoisotopic (exact) mass is 429 g/mol. The first-order valence-corrected chi connectivity index (χ1v) is 11.9. The molecule has 3 aromatic rings. The Labute approximate surface area is 195 Å². The van der Waals surface area contributed by atoms with Gasteiger partial charge in [0, 0.05) is 12.4 Å². The van der Waals surface area contributed by atoms with E-state index >= 15 is 0 Å². The Morgan fingerprint density at radius 1 is 0.781 bits per heavy atom. The van der Waals surface area contributed by atoms with Gasteiger partial charge in [0.25, 0.3) is 0 Å². The lowest BCUT2D eigenvalue weighted by molar-refractivity contribution is 0.131. The zero-order valence-electron chi connectivity index (χ0n) is 20.6. The summed E-state index contributed by atoms with van der Waals surface area (Å²) in [6.45, 7) is 13.4. The number of nitrogens with zero attached hydrogens (tertiary/aromatic N) is 1. The van der Waals surface area contributed by atoms with Crippen LogP contribution in [0.2, 0.25) is 0 Å². The van der Waals surface area contributed by atoms with Gasteiger partial charge in [-0.1, -0.05) is 63.2 Å². The summed E-state index contributed by atoms with van der Waals surface area (Å²) in [5.74, 6) is 1.89.